The summed E-state index contributed by atoms with van der Waals surface area (Å²) >= 11 is 0. The van der Waals surface area contributed by atoms with E-state index in [0.717, 1.165) is 5.56 Å². The minimum absolute atomic E-state index is 0.0358. The van der Waals surface area contributed by atoms with Gasteiger partial charge in [0.15, 0.2) is 0 Å². The van der Waals surface area contributed by atoms with Crippen LogP contribution in [0.4, 0.5) is 11.4 Å². The molecule has 6 heteroatoms. The Morgan fingerprint density at radius 3 is 2.30 bits per heavy atom. The largest absolute Gasteiger partial charge is 0.508 e. The van der Waals surface area contributed by atoms with E-state index >= 15 is 0 Å². The second-order valence-electron chi connectivity index (χ2n) is 4.63. The molecule has 0 atom stereocenters. The van der Waals surface area contributed by atoms with E-state index in [1.807, 2.05) is 0 Å². The monoisotopic (exact) mass is 292 g/mol. The average molecular weight is 292 g/mol. The SMILES string of the molecule is Cc1ccc(S(=O)(=O)Nc2ccc(C)c(O)c2)cc1N. The van der Waals surface area contributed by atoms with Crippen LogP contribution in [0.3, 0.4) is 0 Å². The van der Waals surface area contributed by atoms with Crippen molar-refractivity contribution in [2.45, 2.75) is 18.7 Å². The zero-order chi connectivity index (χ0) is 14.9. The molecule has 2 aromatic carbocycles. The van der Waals surface area contributed by atoms with Crippen LogP contribution in [0.25, 0.3) is 0 Å². The van der Waals surface area contributed by atoms with Crippen molar-refractivity contribution in [3.63, 3.8) is 0 Å². The lowest BCUT2D eigenvalue weighted by Gasteiger charge is -2.10. The van der Waals surface area contributed by atoms with Gasteiger partial charge in [-0.3, -0.25) is 4.72 Å². The van der Waals surface area contributed by atoms with Crippen LogP contribution in [0, 0.1) is 13.8 Å². The smallest absolute Gasteiger partial charge is 0.261 e. The van der Waals surface area contributed by atoms with Crippen LogP contribution in [-0.2, 0) is 10.0 Å². The number of aryl methyl sites for hydroxylation is 2. The van der Waals surface area contributed by atoms with E-state index in [9.17, 15) is 13.5 Å². The molecule has 0 saturated carbocycles. The minimum Gasteiger partial charge on any atom is -0.508 e. The van der Waals surface area contributed by atoms with Gasteiger partial charge in [0.1, 0.15) is 5.75 Å². The van der Waals surface area contributed by atoms with Crippen molar-refractivity contribution >= 4 is 21.4 Å². The number of hydrogen-bond donors (Lipinski definition) is 3. The Labute approximate surface area is 118 Å². The molecule has 0 fully saturated rings. The highest BCUT2D eigenvalue weighted by atomic mass is 32.2. The number of anilines is 2. The molecule has 106 valence electrons. The van der Waals surface area contributed by atoms with E-state index in [2.05, 4.69) is 4.72 Å². The van der Waals surface area contributed by atoms with Crippen molar-refractivity contribution in [3.05, 3.63) is 47.5 Å². The fraction of sp³-hybridized carbons (Fsp3) is 0.143. The molecule has 0 aliphatic carbocycles. The Morgan fingerprint density at radius 1 is 1.05 bits per heavy atom. The molecule has 4 N–H and O–H groups in total. The summed E-state index contributed by atoms with van der Waals surface area (Å²) in [5, 5.41) is 9.59. The third-order valence-corrected chi connectivity index (χ3v) is 4.40. The zero-order valence-corrected chi connectivity index (χ0v) is 12.0. The van der Waals surface area contributed by atoms with Gasteiger partial charge in [-0.05, 0) is 43.2 Å². The molecule has 2 aromatic rings. The van der Waals surface area contributed by atoms with Crippen LogP contribution >= 0.6 is 0 Å². The highest BCUT2D eigenvalue weighted by molar-refractivity contribution is 7.92. The first-order valence-electron chi connectivity index (χ1n) is 5.98. The molecule has 0 aliphatic heterocycles. The molecule has 0 unspecified atom stereocenters. The number of rotatable bonds is 3. The first kappa shape index (κ1) is 14.2. The van der Waals surface area contributed by atoms with Crippen molar-refractivity contribution in [1.82, 2.24) is 0 Å². The molecule has 0 amide bonds. The van der Waals surface area contributed by atoms with Crippen LogP contribution in [0.5, 0.6) is 5.75 Å². The summed E-state index contributed by atoms with van der Waals surface area (Å²) in [6.45, 7) is 3.53. The fourth-order valence-corrected chi connectivity index (χ4v) is 2.76. The Hall–Kier alpha value is -2.21. The predicted octanol–water partition coefficient (Wildman–Crippen LogP) is 2.39. The van der Waals surface area contributed by atoms with Crippen molar-refractivity contribution in [1.29, 1.82) is 0 Å². The maximum atomic E-state index is 12.2. The third-order valence-electron chi connectivity index (χ3n) is 3.02. The topological polar surface area (TPSA) is 92.4 Å². The highest BCUT2D eigenvalue weighted by Crippen LogP contribution is 2.24. The Bertz CT molecular complexity index is 755. The van der Waals surface area contributed by atoms with Gasteiger partial charge in [0.25, 0.3) is 10.0 Å². The van der Waals surface area contributed by atoms with Gasteiger partial charge in [0.2, 0.25) is 0 Å². The van der Waals surface area contributed by atoms with Crippen molar-refractivity contribution < 1.29 is 13.5 Å². The van der Waals surface area contributed by atoms with Crippen molar-refractivity contribution in [2.75, 3.05) is 10.5 Å². The Morgan fingerprint density at radius 2 is 1.70 bits per heavy atom. The highest BCUT2D eigenvalue weighted by Gasteiger charge is 2.15. The normalized spacial score (nSPS) is 11.3. The first-order valence-corrected chi connectivity index (χ1v) is 7.46. The van der Waals surface area contributed by atoms with Crippen LogP contribution in [0.15, 0.2) is 41.3 Å². The maximum absolute atomic E-state index is 12.2. The molecule has 2 rings (SSSR count). The molecular weight excluding hydrogens is 276 g/mol. The molecule has 0 bridgehead atoms. The molecule has 0 spiro atoms. The summed E-state index contributed by atoms with van der Waals surface area (Å²) in [4.78, 5) is 0.0839. The number of benzene rings is 2. The number of nitrogens with two attached hydrogens (primary N) is 1. The van der Waals surface area contributed by atoms with Crippen molar-refractivity contribution in [2.24, 2.45) is 0 Å². The minimum atomic E-state index is -3.72. The van der Waals surface area contributed by atoms with E-state index in [0.29, 0.717) is 16.9 Å². The number of phenols is 1. The summed E-state index contributed by atoms with van der Waals surface area (Å²) in [6.07, 6.45) is 0. The molecule has 0 radical (unpaired) electrons. The Kier molecular flexibility index (Phi) is 3.59. The molecule has 5 nitrogen and oxygen atoms in total. The molecule has 0 aliphatic rings. The van der Waals surface area contributed by atoms with Crippen LogP contribution in [-0.4, -0.2) is 13.5 Å². The maximum Gasteiger partial charge on any atom is 0.261 e. The molecule has 0 saturated heterocycles. The lowest BCUT2D eigenvalue weighted by atomic mass is 10.2. The molecule has 0 heterocycles. The molecule has 20 heavy (non-hydrogen) atoms. The van der Waals surface area contributed by atoms with Gasteiger partial charge in [-0.15, -0.1) is 0 Å². The van der Waals surface area contributed by atoms with Crippen molar-refractivity contribution in [3.8, 4) is 5.75 Å². The lowest BCUT2D eigenvalue weighted by Crippen LogP contribution is -2.13. The van der Waals surface area contributed by atoms with E-state index in [1.165, 1.54) is 18.2 Å². The predicted molar refractivity (Wildman–Crippen MR) is 79.2 cm³/mol. The van der Waals surface area contributed by atoms with Gasteiger partial charge in [-0.25, -0.2) is 8.42 Å². The average Bonchev–Trinajstić information content (AvgIpc) is 2.37. The van der Waals surface area contributed by atoms with Gasteiger partial charge in [-0.2, -0.15) is 0 Å². The van der Waals surface area contributed by atoms with Gasteiger partial charge in [0.05, 0.1) is 10.6 Å². The summed E-state index contributed by atoms with van der Waals surface area (Å²) in [5.74, 6) is 0.0358. The van der Waals surface area contributed by atoms with Crippen LogP contribution < -0.4 is 10.5 Å². The van der Waals surface area contributed by atoms with E-state index in [4.69, 9.17) is 5.73 Å². The van der Waals surface area contributed by atoms with Crippen LogP contribution in [0.2, 0.25) is 0 Å². The number of sulfonamides is 1. The zero-order valence-electron chi connectivity index (χ0n) is 11.2. The molecular formula is C14H16N2O3S. The van der Waals surface area contributed by atoms with E-state index < -0.39 is 10.0 Å². The standard InChI is InChI=1S/C14H16N2O3S/c1-9-4-6-12(8-13(9)15)20(18,19)16-11-5-3-10(2)14(17)7-11/h3-8,16-17H,15H2,1-2H3. The summed E-state index contributed by atoms with van der Waals surface area (Å²) in [6, 6.07) is 9.13. The quantitative estimate of drug-likeness (QED) is 0.757. The Balaban J connectivity index is 2.35. The summed E-state index contributed by atoms with van der Waals surface area (Å²) in [7, 11) is -3.72. The van der Waals surface area contributed by atoms with Gasteiger partial charge < -0.3 is 10.8 Å². The molecule has 0 aromatic heterocycles. The van der Waals surface area contributed by atoms with Gasteiger partial charge >= 0.3 is 0 Å². The lowest BCUT2D eigenvalue weighted by molar-refractivity contribution is 0.471. The fourth-order valence-electron chi connectivity index (χ4n) is 1.67. The van der Waals surface area contributed by atoms with E-state index in [-0.39, 0.29) is 10.6 Å². The second-order valence-corrected chi connectivity index (χ2v) is 6.31. The van der Waals surface area contributed by atoms with Gasteiger partial charge in [0, 0.05) is 11.8 Å². The number of hydrogen-bond acceptors (Lipinski definition) is 4. The third kappa shape index (κ3) is 2.85. The van der Waals surface area contributed by atoms with E-state index in [1.54, 1.807) is 32.0 Å². The van der Waals surface area contributed by atoms with Crippen LogP contribution in [0.1, 0.15) is 11.1 Å². The first-order chi connectivity index (χ1) is 9.29. The summed E-state index contributed by atoms with van der Waals surface area (Å²) < 4.78 is 26.8. The number of phenolic OH excluding ortho intramolecular Hbond substituents is 1. The second kappa shape index (κ2) is 5.05. The number of nitrogens with one attached hydrogen (secondary N) is 1. The summed E-state index contributed by atoms with van der Waals surface area (Å²) in [5.41, 5.74) is 7.93. The number of aromatic hydroxyl groups is 1. The number of nitrogen functional groups attached to an aromatic ring is 1. The van der Waals surface area contributed by atoms with Gasteiger partial charge in [-0.1, -0.05) is 12.1 Å².